The van der Waals surface area contributed by atoms with Crippen LogP contribution in [-0.2, 0) is 0 Å². The van der Waals surface area contributed by atoms with Crippen molar-refractivity contribution in [3.63, 3.8) is 0 Å². The molecule has 3 nitrogen and oxygen atoms in total. The molecule has 1 aliphatic heterocycles. The van der Waals surface area contributed by atoms with Gasteiger partial charge in [-0.1, -0.05) is 68.4 Å². The molecule has 6 heteroatoms. The van der Waals surface area contributed by atoms with Gasteiger partial charge in [0.2, 0.25) is 0 Å². The van der Waals surface area contributed by atoms with Crippen molar-refractivity contribution in [1.82, 2.24) is 9.69 Å². The topological polar surface area (TPSA) is 29.9 Å². The fraction of sp³-hybridized carbons (Fsp3) is 0.286. The van der Waals surface area contributed by atoms with Crippen molar-refractivity contribution < 1.29 is 4.39 Å². The molecule has 0 radical (unpaired) electrons. The molecule has 0 atom stereocenters. The number of aromatic nitrogens is 2. The van der Waals surface area contributed by atoms with Gasteiger partial charge in [-0.3, -0.25) is 4.59 Å². The monoisotopic (exact) mass is 377 g/mol. The Morgan fingerprint density at radius 2 is 1.78 bits per heavy atom. The molecule has 0 aliphatic carbocycles. The average molecular weight is 377 g/mol. The van der Waals surface area contributed by atoms with E-state index < -0.39 is 8.07 Å². The lowest BCUT2D eigenvalue weighted by Gasteiger charge is -2.34. The number of halogens is 1. The number of hydrogen-bond donors (Lipinski definition) is 1. The molecule has 1 aromatic heterocycles. The van der Waals surface area contributed by atoms with E-state index in [2.05, 4.69) is 49.3 Å². The second-order valence-corrected chi connectivity index (χ2v) is 12.5. The summed E-state index contributed by atoms with van der Waals surface area (Å²) in [6.07, 6.45) is 1.85. The summed E-state index contributed by atoms with van der Waals surface area (Å²) in [7, 11) is -1.77. The summed E-state index contributed by atoms with van der Waals surface area (Å²) in [4.78, 5) is 0. The molecule has 0 saturated carbocycles. The highest BCUT2D eigenvalue weighted by atomic mass is 28.3. The van der Waals surface area contributed by atoms with Gasteiger partial charge < -0.3 is 5.23 Å². The minimum absolute atomic E-state index is 0.114. The van der Waals surface area contributed by atoms with Crippen LogP contribution in [0, 0.1) is 5.82 Å². The van der Waals surface area contributed by atoms with Crippen molar-refractivity contribution in [3.8, 4) is 11.3 Å². The summed E-state index contributed by atoms with van der Waals surface area (Å²) in [5.41, 5.74) is 4.51. The maximum atomic E-state index is 14.3. The SMILES string of the molecule is CC[Si](CC)(CC)c1cc(F)ccc1B1Nc2ccccc2-c2ccnn21. The number of rotatable bonds is 5. The van der Waals surface area contributed by atoms with Crippen LogP contribution in [0.1, 0.15) is 20.8 Å². The minimum atomic E-state index is -1.77. The quantitative estimate of drug-likeness (QED) is 0.680. The average Bonchev–Trinajstić information content (AvgIpc) is 3.20. The Morgan fingerprint density at radius 3 is 2.52 bits per heavy atom. The summed E-state index contributed by atoms with van der Waals surface area (Å²) in [5.74, 6) is -0.141. The van der Waals surface area contributed by atoms with E-state index in [1.165, 1.54) is 5.19 Å². The Morgan fingerprint density at radius 1 is 1.04 bits per heavy atom. The minimum Gasteiger partial charge on any atom is -0.404 e. The number of benzene rings is 2. The van der Waals surface area contributed by atoms with Gasteiger partial charge in [0, 0.05) is 17.4 Å². The smallest absolute Gasteiger partial charge is 0.404 e. The molecule has 1 aliphatic rings. The number of nitrogens with one attached hydrogen (secondary N) is 1. The summed E-state index contributed by atoms with van der Waals surface area (Å²) in [6, 6.07) is 19.1. The molecule has 2 heterocycles. The third-order valence-electron chi connectivity index (χ3n) is 6.32. The molecular formula is C21H25BFN3Si. The van der Waals surface area contributed by atoms with Gasteiger partial charge >= 0.3 is 6.98 Å². The molecule has 0 bridgehead atoms. The van der Waals surface area contributed by atoms with Gasteiger partial charge in [-0.25, -0.2) is 4.39 Å². The molecule has 1 N–H and O–H groups in total. The van der Waals surface area contributed by atoms with Gasteiger partial charge in [0.15, 0.2) is 0 Å². The molecular weight excluding hydrogens is 352 g/mol. The first kappa shape index (κ1) is 18.0. The van der Waals surface area contributed by atoms with Crippen LogP contribution >= 0.6 is 0 Å². The molecule has 0 fully saturated rings. The number of hydrogen-bond acceptors (Lipinski definition) is 2. The molecule has 4 rings (SSSR count). The fourth-order valence-electron chi connectivity index (χ4n) is 4.53. The van der Waals surface area contributed by atoms with Crippen molar-refractivity contribution in [3.05, 3.63) is 60.5 Å². The highest BCUT2D eigenvalue weighted by Gasteiger charge is 2.38. The maximum Gasteiger partial charge on any atom is 0.430 e. The summed E-state index contributed by atoms with van der Waals surface area (Å²) in [6.45, 7) is 6.67. The molecule has 27 heavy (non-hydrogen) atoms. The third kappa shape index (κ3) is 2.83. The van der Waals surface area contributed by atoms with Crippen LogP contribution in [-0.4, -0.2) is 24.7 Å². The molecule has 0 spiro atoms. The van der Waals surface area contributed by atoms with Gasteiger partial charge in [-0.05, 0) is 29.7 Å². The van der Waals surface area contributed by atoms with Crippen LogP contribution in [0.5, 0.6) is 0 Å². The van der Waals surface area contributed by atoms with Crippen LogP contribution in [0.15, 0.2) is 54.7 Å². The molecule has 138 valence electrons. The second kappa shape index (κ2) is 7.00. The van der Waals surface area contributed by atoms with Gasteiger partial charge in [0.1, 0.15) is 5.82 Å². The first-order chi connectivity index (χ1) is 13.1. The zero-order valence-electron chi connectivity index (χ0n) is 16.2. The molecule has 3 aromatic rings. The number of para-hydroxylation sites is 1. The second-order valence-electron chi connectivity index (χ2n) is 7.33. The van der Waals surface area contributed by atoms with Gasteiger partial charge in [0.05, 0.1) is 13.8 Å². The Bertz CT molecular complexity index is 959. The van der Waals surface area contributed by atoms with Gasteiger partial charge in [0.25, 0.3) is 0 Å². The predicted octanol–water partition coefficient (Wildman–Crippen LogP) is 4.07. The summed E-state index contributed by atoms with van der Waals surface area (Å²) in [5, 5.41) is 9.50. The lowest BCUT2D eigenvalue weighted by molar-refractivity contribution is 0.629. The first-order valence-corrected chi connectivity index (χ1v) is 12.4. The van der Waals surface area contributed by atoms with E-state index in [0.717, 1.165) is 40.5 Å². The van der Waals surface area contributed by atoms with Crippen LogP contribution in [0.2, 0.25) is 18.1 Å². The lowest BCUT2D eigenvalue weighted by Crippen LogP contribution is -2.62. The van der Waals surface area contributed by atoms with E-state index in [-0.39, 0.29) is 12.8 Å². The van der Waals surface area contributed by atoms with E-state index in [1.807, 2.05) is 29.0 Å². The fourth-order valence-corrected chi connectivity index (χ4v) is 8.45. The third-order valence-corrected chi connectivity index (χ3v) is 12.0. The van der Waals surface area contributed by atoms with Crippen molar-refractivity contribution in [2.24, 2.45) is 0 Å². The van der Waals surface area contributed by atoms with Crippen molar-refractivity contribution in [2.75, 3.05) is 5.23 Å². The maximum absolute atomic E-state index is 14.3. The largest absolute Gasteiger partial charge is 0.430 e. The first-order valence-electron chi connectivity index (χ1n) is 9.83. The molecule has 0 saturated heterocycles. The van der Waals surface area contributed by atoms with Crippen LogP contribution in [0.3, 0.4) is 0 Å². The molecule has 2 aromatic carbocycles. The van der Waals surface area contributed by atoms with Crippen molar-refractivity contribution in [1.29, 1.82) is 0 Å². The van der Waals surface area contributed by atoms with E-state index in [4.69, 9.17) is 0 Å². The summed E-state index contributed by atoms with van der Waals surface area (Å²) >= 11 is 0. The Balaban J connectivity index is 1.91. The predicted molar refractivity (Wildman–Crippen MR) is 115 cm³/mol. The van der Waals surface area contributed by atoms with Crippen LogP contribution in [0.25, 0.3) is 11.3 Å². The number of nitrogens with zero attached hydrogens (tertiary/aromatic N) is 2. The van der Waals surface area contributed by atoms with Crippen molar-refractivity contribution in [2.45, 2.75) is 38.9 Å². The van der Waals surface area contributed by atoms with Crippen molar-refractivity contribution >= 4 is 31.4 Å². The zero-order chi connectivity index (χ0) is 19.0. The molecule has 0 unspecified atom stereocenters. The lowest BCUT2D eigenvalue weighted by atomic mass is 9.66. The normalized spacial score (nSPS) is 13.1. The van der Waals surface area contributed by atoms with Crippen LogP contribution < -0.4 is 15.9 Å². The molecule has 0 amide bonds. The standard InChI is InChI=1S/C21H25BFN3Si/c1-4-27(5-2,6-3)21-15-16(23)11-12-18(21)22-25-19-10-8-7-9-17(19)20-13-14-24-26(20)22/h7-15,25H,4-6H2,1-3H3. The van der Waals surface area contributed by atoms with E-state index >= 15 is 0 Å². The van der Waals surface area contributed by atoms with Gasteiger partial charge in [-0.2, -0.15) is 5.10 Å². The number of fused-ring (bicyclic) bond motifs is 3. The Kier molecular flexibility index (Phi) is 4.68. The Hall–Kier alpha value is -2.34. The highest BCUT2D eigenvalue weighted by Crippen LogP contribution is 2.32. The van der Waals surface area contributed by atoms with Gasteiger partial charge in [-0.15, -0.1) is 0 Å². The number of anilines is 1. The van der Waals surface area contributed by atoms with E-state index in [0.29, 0.717) is 0 Å². The van der Waals surface area contributed by atoms with E-state index in [1.54, 1.807) is 12.1 Å². The summed E-state index contributed by atoms with van der Waals surface area (Å²) < 4.78 is 16.3. The van der Waals surface area contributed by atoms with E-state index in [9.17, 15) is 4.39 Å². The Labute approximate surface area is 161 Å². The zero-order valence-corrected chi connectivity index (χ0v) is 17.2. The van der Waals surface area contributed by atoms with Crippen LogP contribution in [0.4, 0.5) is 10.1 Å². The highest BCUT2D eigenvalue weighted by molar-refractivity contribution is 6.96.